The fourth-order valence-corrected chi connectivity index (χ4v) is 0.625. The van der Waals surface area contributed by atoms with Crippen molar-refractivity contribution in [2.24, 2.45) is 0 Å². The molecule has 0 saturated carbocycles. The van der Waals surface area contributed by atoms with Gasteiger partial charge in [0.05, 0.1) is 0 Å². The molecule has 12 heavy (non-hydrogen) atoms. The van der Waals surface area contributed by atoms with E-state index in [0.29, 0.717) is 0 Å². The summed E-state index contributed by atoms with van der Waals surface area (Å²) in [5.41, 5.74) is 0. The molecule has 0 aromatic heterocycles. The first kappa shape index (κ1) is 13.9. The largest absolute Gasteiger partial charge is 0.317 e. The molecule has 0 aromatic rings. The van der Waals surface area contributed by atoms with Crippen LogP contribution in [0.2, 0.25) is 0 Å². The van der Waals surface area contributed by atoms with E-state index < -0.39 is 0 Å². The van der Waals surface area contributed by atoms with Gasteiger partial charge in [-0.1, -0.05) is 20.4 Å². The molecule has 0 amide bonds. The second-order valence-electron chi connectivity index (χ2n) is 2.27. The highest BCUT2D eigenvalue weighted by Crippen LogP contribution is 1.90. The van der Waals surface area contributed by atoms with E-state index >= 15 is 0 Å². The van der Waals surface area contributed by atoms with Crippen LogP contribution in [0.25, 0.3) is 0 Å². The van der Waals surface area contributed by atoms with Gasteiger partial charge in [0.1, 0.15) is 0 Å². The Balaban J connectivity index is 0. The molecule has 0 aliphatic carbocycles. The van der Waals surface area contributed by atoms with Gasteiger partial charge in [0.15, 0.2) is 5.78 Å². The minimum Gasteiger partial charge on any atom is -0.317 e. The molecule has 0 radical (unpaired) electrons. The Bertz CT molecular complexity index is 98.8. The highest BCUT2D eigenvalue weighted by atomic mass is 16.1. The van der Waals surface area contributed by atoms with Crippen LogP contribution < -0.4 is 5.32 Å². The van der Waals surface area contributed by atoms with Crippen molar-refractivity contribution >= 4 is 5.78 Å². The zero-order chi connectivity index (χ0) is 9.82. The first-order valence-electron chi connectivity index (χ1n) is 4.61. The van der Waals surface area contributed by atoms with E-state index in [2.05, 4.69) is 11.9 Å². The van der Waals surface area contributed by atoms with Crippen LogP contribution in [0.3, 0.4) is 0 Å². The number of nitrogens with one attached hydrogen (secondary N) is 1. The normalized spacial score (nSPS) is 13.2. The standard InChI is InChI=1S/C4H9N.C4H6O.C2H6/c1-2-4-5-3-1;1-3-4(2)5;1-2/h5H,1-4H2;3H,1H2,2H3;1-2H3. The summed E-state index contributed by atoms with van der Waals surface area (Å²) >= 11 is 0. The molecule has 1 N–H and O–H groups in total. The van der Waals surface area contributed by atoms with Gasteiger partial charge in [-0.3, -0.25) is 4.79 Å². The minimum atomic E-state index is 0.0185. The number of allylic oxidation sites excluding steroid dienone is 1. The molecule has 0 atom stereocenters. The van der Waals surface area contributed by atoms with Crippen molar-refractivity contribution in [2.45, 2.75) is 33.6 Å². The van der Waals surface area contributed by atoms with Crippen molar-refractivity contribution in [1.29, 1.82) is 0 Å². The van der Waals surface area contributed by atoms with E-state index in [1.54, 1.807) is 0 Å². The Morgan fingerprint density at radius 1 is 1.33 bits per heavy atom. The molecule has 72 valence electrons. The molecule has 0 bridgehead atoms. The van der Waals surface area contributed by atoms with Gasteiger partial charge in [0.2, 0.25) is 0 Å². The van der Waals surface area contributed by atoms with Crippen LogP contribution in [0.15, 0.2) is 12.7 Å². The van der Waals surface area contributed by atoms with Crippen LogP contribution in [0.4, 0.5) is 0 Å². The van der Waals surface area contributed by atoms with Crippen LogP contribution in [0.5, 0.6) is 0 Å². The van der Waals surface area contributed by atoms with Crippen LogP contribution in [-0.4, -0.2) is 18.9 Å². The smallest absolute Gasteiger partial charge is 0.152 e. The SMILES string of the molecule is C1CCNC1.C=CC(C)=O.CC. The Labute approximate surface area is 76.1 Å². The van der Waals surface area contributed by atoms with Crippen LogP contribution in [0, 0.1) is 0 Å². The van der Waals surface area contributed by atoms with E-state index in [-0.39, 0.29) is 5.78 Å². The third-order valence-electron chi connectivity index (χ3n) is 1.24. The van der Waals surface area contributed by atoms with E-state index in [1.807, 2.05) is 13.8 Å². The van der Waals surface area contributed by atoms with E-state index in [9.17, 15) is 4.79 Å². The molecule has 0 unspecified atom stereocenters. The summed E-state index contributed by atoms with van der Waals surface area (Å²) in [7, 11) is 0. The topological polar surface area (TPSA) is 29.1 Å². The van der Waals surface area contributed by atoms with Gasteiger partial charge in [-0.2, -0.15) is 0 Å². The first-order valence-corrected chi connectivity index (χ1v) is 4.61. The van der Waals surface area contributed by atoms with Crippen molar-refractivity contribution in [2.75, 3.05) is 13.1 Å². The third-order valence-corrected chi connectivity index (χ3v) is 1.24. The highest BCUT2D eigenvalue weighted by Gasteiger charge is 1.93. The molecule has 1 heterocycles. The molecule has 2 nitrogen and oxygen atoms in total. The van der Waals surface area contributed by atoms with Gasteiger partial charge < -0.3 is 5.32 Å². The zero-order valence-corrected chi connectivity index (χ0v) is 8.52. The van der Waals surface area contributed by atoms with Gasteiger partial charge in [-0.25, -0.2) is 0 Å². The summed E-state index contributed by atoms with van der Waals surface area (Å²) in [6, 6.07) is 0. The van der Waals surface area contributed by atoms with Crippen molar-refractivity contribution in [3.63, 3.8) is 0 Å². The predicted octanol–water partition coefficient (Wildman–Crippen LogP) is 2.16. The van der Waals surface area contributed by atoms with Gasteiger partial charge in [-0.15, -0.1) is 0 Å². The molecule has 1 saturated heterocycles. The van der Waals surface area contributed by atoms with E-state index in [4.69, 9.17) is 0 Å². The summed E-state index contributed by atoms with van der Waals surface area (Å²) in [5.74, 6) is 0.0185. The van der Waals surface area contributed by atoms with Crippen molar-refractivity contribution < 1.29 is 4.79 Å². The lowest BCUT2D eigenvalue weighted by molar-refractivity contribution is -0.112. The number of hydrogen-bond donors (Lipinski definition) is 1. The Hall–Kier alpha value is -0.630. The average Bonchev–Trinajstić information content (AvgIpc) is 2.65. The highest BCUT2D eigenvalue weighted by molar-refractivity contribution is 5.86. The van der Waals surface area contributed by atoms with Gasteiger partial charge in [-0.05, 0) is 38.9 Å². The lowest BCUT2D eigenvalue weighted by Crippen LogP contribution is -2.03. The minimum absolute atomic E-state index is 0.0185. The van der Waals surface area contributed by atoms with Crippen LogP contribution >= 0.6 is 0 Å². The number of hydrogen-bond acceptors (Lipinski definition) is 2. The molecular formula is C10H21NO. The number of rotatable bonds is 1. The summed E-state index contributed by atoms with van der Waals surface area (Å²) in [6.07, 6.45) is 4.06. The Kier molecular flexibility index (Phi) is 15.1. The fraction of sp³-hybridized carbons (Fsp3) is 0.700. The Morgan fingerprint density at radius 2 is 1.67 bits per heavy atom. The summed E-state index contributed by atoms with van der Waals surface area (Å²) in [4.78, 5) is 9.69. The number of carbonyl (C=O) groups is 1. The van der Waals surface area contributed by atoms with E-state index in [0.717, 1.165) is 0 Å². The van der Waals surface area contributed by atoms with Gasteiger partial charge in [0.25, 0.3) is 0 Å². The number of carbonyl (C=O) groups excluding carboxylic acids is 1. The predicted molar refractivity (Wildman–Crippen MR) is 54.3 cm³/mol. The summed E-state index contributed by atoms with van der Waals surface area (Å²) in [5, 5.41) is 3.22. The maximum absolute atomic E-state index is 9.69. The molecule has 0 spiro atoms. The monoisotopic (exact) mass is 171 g/mol. The van der Waals surface area contributed by atoms with Crippen LogP contribution in [0.1, 0.15) is 33.6 Å². The van der Waals surface area contributed by atoms with Crippen molar-refractivity contribution in [3.8, 4) is 0 Å². The van der Waals surface area contributed by atoms with Crippen molar-refractivity contribution in [1.82, 2.24) is 5.32 Å². The third kappa shape index (κ3) is 16.2. The van der Waals surface area contributed by atoms with E-state index in [1.165, 1.54) is 38.9 Å². The number of ketones is 1. The Morgan fingerprint density at radius 3 is 1.75 bits per heavy atom. The van der Waals surface area contributed by atoms with Gasteiger partial charge in [0, 0.05) is 0 Å². The lowest BCUT2D eigenvalue weighted by Gasteiger charge is -1.76. The molecule has 1 fully saturated rings. The summed E-state index contributed by atoms with van der Waals surface area (Å²) in [6.45, 7) is 11.2. The average molecular weight is 171 g/mol. The van der Waals surface area contributed by atoms with Crippen molar-refractivity contribution in [3.05, 3.63) is 12.7 Å². The molecular weight excluding hydrogens is 150 g/mol. The van der Waals surface area contributed by atoms with Crippen LogP contribution in [-0.2, 0) is 4.79 Å². The molecule has 0 aromatic carbocycles. The second kappa shape index (κ2) is 13.0. The molecule has 2 heteroatoms. The fourth-order valence-electron chi connectivity index (χ4n) is 0.625. The molecule has 1 aliphatic heterocycles. The van der Waals surface area contributed by atoms with Gasteiger partial charge >= 0.3 is 0 Å². The maximum Gasteiger partial charge on any atom is 0.152 e. The zero-order valence-electron chi connectivity index (χ0n) is 8.52. The molecule has 1 rings (SSSR count). The second-order valence-corrected chi connectivity index (χ2v) is 2.27. The maximum atomic E-state index is 9.69. The lowest BCUT2D eigenvalue weighted by atomic mass is 10.4. The molecule has 1 aliphatic rings. The first-order chi connectivity index (χ1) is 5.77. The summed E-state index contributed by atoms with van der Waals surface area (Å²) < 4.78 is 0. The quantitative estimate of drug-likeness (QED) is 0.612.